The molecule has 0 radical (unpaired) electrons. The predicted molar refractivity (Wildman–Crippen MR) is 63.2 cm³/mol. The smallest absolute Gasteiger partial charge is 0.236 e. The van der Waals surface area contributed by atoms with E-state index in [1.807, 2.05) is 13.0 Å². The fourth-order valence-corrected chi connectivity index (χ4v) is 1.56. The van der Waals surface area contributed by atoms with Crippen molar-refractivity contribution < 1.29 is 9.90 Å². The van der Waals surface area contributed by atoms with Crippen LogP contribution in [-0.2, 0) is 4.79 Å². The fourth-order valence-electron chi connectivity index (χ4n) is 1.56. The third kappa shape index (κ3) is 3.24. The van der Waals surface area contributed by atoms with Crippen LogP contribution in [0.3, 0.4) is 0 Å². The summed E-state index contributed by atoms with van der Waals surface area (Å²) >= 11 is 0. The van der Waals surface area contributed by atoms with E-state index in [2.05, 4.69) is 10.6 Å². The molecule has 2 atom stereocenters. The van der Waals surface area contributed by atoms with E-state index in [1.54, 1.807) is 32.2 Å². The molecule has 4 heteroatoms. The lowest BCUT2D eigenvalue weighted by molar-refractivity contribution is -0.122. The standard InChI is InChI=1S/C12H18N2O2/c1-8(14-9(2)12(16)13-3)10-5-4-6-11(15)7-10/h4-9,14-15H,1-3H3,(H,13,16). The van der Waals surface area contributed by atoms with Crippen LogP contribution in [-0.4, -0.2) is 24.1 Å². The van der Waals surface area contributed by atoms with Crippen LogP contribution in [0.15, 0.2) is 24.3 Å². The number of likely N-dealkylation sites (N-methyl/N-ethyl adjacent to an activating group) is 1. The molecule has 4 nitrogen and oxygen atoms in total. The van der Waals surface area contributed by atoms with E-state index in [-0.39, 0.29) is 23.7 Å². The number of hydrogen-bond donors (Lipinski definition) is 3. The molecule has 0 saturated carbocycles. The maximum Gasteiger partial charge on any atom is 0.236 e. The largest absolute Gasteiger partial charge is 0.508 e. The van der Waals surface area contributed by atoms with Crippen molar-refractivity contribution in [3.05, 3.63) is 29.8 Å². The summed E-state index contributed by atoms with van der Waals surface area (Å²) in [5, 5.41) is 15.1. The van der Waals surface area contributed by atoms with Gasteiger partial charge >= 0.3 is 0 Å². The molecule has 3 N–H and O–H groups in total. The highest BCUT2D eigenvalue weighted by Gasteiger charge is 2.14. The fraction of sp³-hybridized carbons (Fsp3) is 0.417. The van der Waals surface area contributed by atoms with Gasteiger partial charge in [-0.2, -0.15) is 0 Å². The maximum absolute atomic E-state index is 11.3. The van der Waals surface area contributed by atoms with E-state index in [0.717, 1.165) is 5.56 Å². The molecule has 1 rings (SSSR count). The summed E-state index contributed by atoms with van der Waals surface area (Å²) in [6.07, 6.45) is 0. The van der Waals surface area contributed by atoms with Gasteiger partial charge in [0.15, 0.2) is 0 Å². The molecule has 88 valence electrons. The number of carbonyl (C=O) groups excluding carboxylic acids is 1. The van der Waals surface area contributed by atoms with Crippen LogP contribution in [0.25, 0.3) is 0 Å². The Bertz CT molecular complexity index is 366. The van der Waals surface area contributed by atoms with Crippen LogP contribution in [0.4, 0.5) is 0 Å². The Labute approximate surface area is 95.7 Å². The van der Waals surface area contributed by atoms with Crippen LogP contribution >= 0.6 is 0 Å². The summed E-state index contributed by atoms with van der Waals surface area (Å²) in [4.78, 5) is 11.3. The minimum Gasteiger partial charge on any atom is -0.508 e. The summed E-state index contributed by atoms with van der Waals surface area (Å²) in [5.41, 5.74) is 0.954. The molecule has 16 heavy (non-hydrogen) atoms. The monoisotopic (exact) mass is 222 g/mol. The van der Waals surface area contributed by atoms with Crippen molar-refractivity contribution in [2.24, 2.45) is 0 Å². The molecule has 0 aliphatic rings. The number of benzene rings is 1. The van der Waals surface area contributed by atoms with Crippen molar-refractivity contribution in [2.45, 2.75) is 25.9 Å². The van der Waals surface area contributed by atoms with E-state index in [4.69, 9.17) is 0 Å². The highest BCUT2D eigenvalue weighted by molar-refractivity contribution is 5.80. The van der Waals surface area contributed by atoms with Crippen molar-refractivity contribution >= 4 is 5.91 Å². The molecule has 0 fully saturated rings. The second-order valence-electron chi connectivity index (χ2n) is 3.82. The molecular weight excluding hydrogens is 204 g/mol. The molecule has 2 unspecified atom stereocenters. The van der Waals surface area contributed by atoms with Crippen molar-refractivity contribution in [3.8, 4) is 5.75 Å². The van der Waals surface area contributed by atoms with Crippen LogP contribution < -0.4 is 10.6 Å². The van der Waals surface area contributed by atoms with Crippen molar-refractivity contribution in [1.29, 1.82) is 0 Å². The number of aromatic hydroxyl groups is 1. The van der Waals surface area contributed by atoms with Crippen molar-refractivity contribution in [3.63, 3.8) is 0 Å². The molecule has 0 aromatic heterocycles. The Kier molecular flexibility index (Phi) is 4.31. The Morgan fingerprint density at radius 2 is 2.06 bits per heavy atom. The minimum atomic E-state index is -0.262. The molecule has 1 amide bonds. The van der Waals surface area contributed by atoms with E-state index in [9.17, 15) is 9.90 Å². The predicted octanol–water partition coefficient (Wildman–Crippen LogP) is 1.18. The third-order valence-electron chi connectivity index (χ3n) is 2.51. The number of nitrogens with one attached hydrogen (secondary N) is 2. The van der Waals surface area contributed by atoms with Gasteiger partial charge in [0.25, 0.3) is 0 Å². The average Bonchev–Trinajstić information content (AvgIpc) is 2.27. The van der Waals surface area contributed by atoms with Crippen molar-refractivity contribution in [2.75, 3.05) is 7.05 Å². The van der Waals surface area contributed by atoms with Gasteiger partial charge < -0.3 is 10.4 Å². The lowest BCUT2D eigenvalue weighted by Crippen LogP contribution is -2.41. The molecule has 0 spiro atoms. The van der Waals surface area contributed by atoms with Gasteiger partial charge in [-0.25, -0.2) is 0 Å². The molecule has 0 saturated heterocycles. The quantitative estimate of drug-likeness (QED) is 0.717. The van der Waals surface area contributed by atoms with E-state index in [0.29, 0.717) is 0 Å². The Balaban J connectivity index is 2.65. The van der Waals surface area contributed by atoms with E-state index in [1.165, 1.54) is 0 Å². The first-order valence-corrected chi connectivity index (χ1v) is 5.31. The molecule has 0 bridgehead atoms. The van der Waals surface area contributed by atoms with Gasteiger partial charge in [0.2, 0.25) is 5.91 Å². The topological polar surface area (TPSA) is 61.4 Å². The Hall–Kier alpha value is -1.55. The summed E-state index contributed by atoms with van der Waals surface area (Å²) in [7, 11) is 1.61. The number of phenolic OH excluding ortho intramolecular Hbond substituents is 1. The maximum atomic E-state index is 11.3. The summed E-state index contributed by atoms with van der Waals surface area (Å²) in [6, 6.07) is 6.76. The number of phenols is 1. The lowest BCUT2D eigenvalue weighted by Gasteiger charge is -2.19. The van der Waals surface area contributed by atoms with Crippen LogP contribution in [0.2, 0.25) is 0 Å². The van der Waals surface area contributed by atoms with Gasteiger partial charge in [0.1, 0.15) is 5.75 Å². The van der Waals surface area contributed by atoms with Gasteiger partial charge in [-0.15, -0.1) is 0 Å². The second-order valence-corrected chi connectivity index (χ2v) is 3.82. The zero-order valence-corrected chi connectivity index (χ0v) is 9.82. The average molecular weight is 222 g/mol. The summed E-state index contributed by atoms with van der Waals surface area (Å²) in [6.45, 7) is 3.76. The number of hydrogen-bond acceptors (Lipinski definition) is 3. The first-order chi connectivity index (χ1) is 7.54. The normalized spacial score (nSPS) is 14.2. The number of carbonyl (C=O) groups is 1. The zero-order chi connectivity index (χ0) is 12.1. The molecular formula is C12H18N2O2. The molecule has 0 aliphatic carbocycles. The Morgan fingerprint density at radius 1 is 1.38 bits per heavy atom. The minimum absolute atomic E-state index is 0.0133. The summed E-state index contributed by atoms with van der Waals surface area (Å²) < 4.78 is 0. The Morgan fingerprint density at radius 3 is 2.62 bits per heavy atom. The van der Waals surface area contributed by atoms with Gasteiger partial charge in [-0.3, -0.25) is 10.1 Å². The first kappa shape index (κ1) is 12.5. The number of amides is 1. The molecule has 0 aliphatic heterocycles. The molecule has 0 heterocycles. The third-order valence-corrected chi connectivity index (χ3v) is 2.51. The van der Waals surface area contributed by atoms with Gasteiger partial charge in [-0.1, -0.05) is 12.1 Å². The second kappa shape index (κ2) is 5.51. The van der Waals surface area contributed by atoms with Crippen LogP contribution in [0.5, 0.6) is 5.75 Å². The zero-order valence-electron chi connectivity index (χ0n) is 9.82. The lowest BCUT2D eigenvalue weighted by atomic mass is 10.1. The van der Waals surface area contributed by atoms with Gasteiger partial charge in [0, 0.05) is 13.1 Å². The number of rotatable bonds is 4. The molecule has 1 aromatic rings. The van der Waals surface area contributed by atoms with E-state index < -0.39 is 0 Å². The van der Waals surface area contributed by atoms with Crippen LogP contribution in [0.1, 0.15) is 25.5 Å². The summed E-state index contributed by atoms with van der Waals surface area (Å²) in [5.74, 6) is 0.186. The van der Waals surface area contributed by atoms with Gasteiger partial charge in [0.05, 0.1) is 6.04 Å². The molecule has 1 aromatic carbocycles. The first-order valence-electron chi connectivity index (χ1n) is 5.31. The van der Waals surface area contributed by atoms with E-state index >= 15 is 0 Å². The van der Waals surface area contributed by atoms with Crippen molar-refractivity contribution in [1.82, 2.24) is 10.6 Å². The van der Waals surface area contributed by atoms with Crippen LogP contribution in [0, 0.1) is 0 Å². The highest BCUT2D eigenvalue weighted by Crippen LogP contribution is 2.18. The highest BCUT2D eigenvalue weighted by atomic mass is 16.3. The SMILES string of the molecule is CNC(=O)C(C)NC(C)c1cccc(O)c1. The van der Waals surface area contributed by atoms with Gasteiger partial charge in [-0.05, 0) is 31.5 Å².